The molecule has 4 aliphatic rings. The predicted octanol–water partition coefficient (Wildman–Crippen LogP) is 6.55. The van der Waals surface area contributed by atoms with Gasteiger partial charge in [0.15, 0.2) is 16.6 Å². The van der Waals surface area contributed by atoms with Gasteiger partial charge >= 0.3 is 0 Å². The van der Waals surface area contributed by atoms with Crippen LogP contribution < -0.4 is 0 Å². The first-order valence-corrected chi connectivity index (χ1v) is 21.2. The van der Waals surface area contributed by atoms with Crippen LogP contribution in [0.5, 0.6) is 0 Å². The molecule has 0 unspecified atom stereocenters. The predicted molar refractivity (Wildman–Crippen MR) is 166 cm³/mol. The average molecular weight is 598 g/mol. The molecule has 0 aromatic rings. The Morgan fingerprint density at radius 3 is 2.00 bits per heavy atom. The van der Waals surface area contributed by atoms with Gasteiger partial charge in [-0.2, -0.15) is 0 Å². The molecule has 8 heteroatoms. The Morgan fingerprint density at radius 2 is 1.50 bits per heavy atom. The van der Waals surface area contributed by atoms with Gasteiger partial charge in [0, 0.05) is 17.8 Å². The Hall–Kier alpha value is -0.0662. The van der Waals surface area contributed by atoms with Gasteiger partial charge in [-0.25, -0.2) is 0 Å². The average Bonchev–Trinajstić information content (AvgIpc) is 3.59. The summed E-state index contributed by atoms with van der Waals surface area (Å²) in [4.78, 5) is 0. The second-order valence-corrected chi connectivity index (χ2v) is 25.7. The van der Waals surface area contributed by atoms with Crippen LogP contribution in [0.2, 0.25) is 36.3 Å². The molecular formula is C32H60O6Si2. The lowest BCUT2D eigenvalue weighted by Gasteiger charge is -2.63. The van der Waals surface area contributed by atoms with Crippen LogP contribution in [0.3, 0.4) is 0 Å². The van der Waals surface area contributed by atoms with E-state index in [-0.39, 0.29) is 23.7 Å². The zero-order chi connectivity index (χ0) is 31.4. The minimum Gasteiger partial charge on any atom is -0.410 e. The van der Waals surface area contributed by atoms with Gasteiger partial charge in [-0.15, -0.1) is 0 Å². The first kappa shape index (κ1) is 31.4. The van der Waals surface area contributed by atoms with E-state index in [1.165, 1.54) is 0 Å². The molecule has 0 aromatic carbocycles. The zero-order valence-electron chi connectivity index (χ0n) is 28.7. The highest BCUT2D eigenvalue weighted by molar-refractivity contribution is 6.74. The van der Waals surface area contributed by atoms with Crippen molar-refractivity contribution in [3.63, 3.8) is 0 Å². The van der Waals surface area contributed by atoms with E-state index in [0.717, 1.165) is 29.3 Å². The van der Waals surface area contributed by atoms with Gasteiger partial charge in [-0.05, 0) is 79.5 Å². The van der Waals surface area contributed by atoms with Gasteiger partial charge < -0.3 is 28.9 Å². The third-order valence-corrected chi connectivity index (χ3v) is 21.6. The van der Waals surface area contributed by atoms with Crippen LogP contribution in [0.15, 0.2) is 11.1 Å². The summed E-state index contributed by atoms with van der Waals surface area (Å²) >= 11 is 0. The van der Waals surface area contributed by atoms with E-state index in [0.29, 0.717) is 12.8 Å². The summed E-state index contributed by atoms with van der Waals surface area (Å²) in [5, 5.41) is 37.5. The summed E-state index contributed by atoms with van der Waals surface area (Å²) in [5.74, 6) is -0.948. The Morgan fingerprint density at radius 1 is 0.950 bits per heavy atom. The van der Waals surface area contributed by atoms with Crippen molar-refractivity contribution in [3.8, 4) is 0 Å². The van der Waals surface area contributed by atoms with Gasteiger partial charge in [0.1, 0.15) is 11.7 Å². The minimum absolute atomic E-state index is 0.0542. The van der Waals surface area contributed by atoms with E-state index in [1.54, 1.807) is 6.92 Å². The molecule has 0 amide bonds. The van der Waals surface area contributed by atoms with Crippen LogP contribution >= 0.6 is 0 Å². The zero-order valence-corrected chi connectivity index (χ0v) is 29.7. The molecule has 1 aliphatic heterocycles. The normalized spacial score (nSPS) is 45.7. The lowest BCUT2D eigenvalue weighted by atomic mass is 9.47. The van der Waals surface area contributed by atoms with Gasteiger partial charge in [-0.3, -0.25) is 0 Å². The van der Waals surface area contributed by atoms with Crippen molar-refractivity contribution < 1.29 is 30.3 Å². The minimum atomic E-state index is -2.37. The molecule has 40 heavy (non-hydrogen) atoms. The van der Waals surface area contributed by atoms with Gasteiger partial charge in [0.05, 0.1) is 31.4 Å². The second-order valence-electron chi connectivity index (χ2n) is 16.2. The summed E-state index contributed by atoms with van der Waals surface area (Å²) < 4.78 is 30.2. The number of hydrogen-bond acceptors (Lipinski definition) is 6. The molecule has 3 N–H and O–H groups in total. The fraction of sp³-hybridized carbons (Fsp3) is 0.938. The van der Waals surface area contributed by atoms with Gasteiger partial charge in [0.2, 0.25) is 0 Å². The van der Waals surface area contributed by atoms with Crippen molar-refractivity contribution in [2.75, 3.05) is 0 Å². The van der Waals surface area contributed by atoms with E-state index >= 15 is 0 Å². The highest BCUT2D eigenvalue weighted by Gasteiger charge is 2.72. The van der Waals surface area contributed by atoms with Crippen LogP contribution in [-0.2, 0) is 13.6 Å². The largest absolute Gasteiger partial charge is 0.410 e. The third-order valence-electron chi connectivity index (χ3n) is 12.4. The first-order chi connectivity index (χ1) is 18.4. The van der Waals surface area contributed by atoms with E-state index in [4.69, 9.17) is 13.6 Å². The lowest BCUT2D eigenvalue weighted by molar-refractivity contribution is -0.241. The Bertz CT molecular complexity index is 1050. The molecule has 3 fully saturated rings. The number of fused-ring (bicyclic) bond motifs is 4. The molecule has 0 radical (unpaired) electrons. The molecular weight excluding hydrogens is 537 g/mol. The third kappa shape index (κ3) is 4.79. The molecule has 3 aliphatic carbocycles. The number of aliphatic hydroxyl groups is 3. The van der Waals surface area contributed by atoms with Crippen molar-refractivity contribution in [1.29, 1.82) is 0 Å². The SMILES string of the molecule is [2H][C@@]1(O)[C@H]2[C@](C)(C[C@H](O[Si](CC)(CC)CC)C3=C(C)[C@@H](O[Si](C)(C)C(C)(C)C)C[C@]1(O)C3(C)C)C[C@@H]1O[C@@H]1[C@@]2(C)O. The fourth-order valence-corrected chi connectivity index (χ4v) is 12.7. The van der Waals surface area contributed by atoms with E-state index in [9.17, 15) is 16.7 Å². The Kier molecular flexibility index (Phi) is 7.82. The van der Waals surface area contributed by atoms with Crippen LogP contribution in [0.1, 0.15) is 96.8 Å². The summed E-state index contributed by atoms with van der Waals surface area (Å²) in [6.07, 6.45) is -2.45. The van der Waals surface area contributed by atoms with E-state index in [1.807, 2.05) is 13.8 Å². The molecule has 0 aromatic heterocycles. The fourth-order valence-electron chi connectivity index (χ4n) is 8.54. The van der Waals surface area contributed by atoms with Crippen molar-refractivity contribution in [2.24, 2.45) is 16.7 Å². The molecule has 9 atom stereocenters. The van der Waals surface area contributed by atoms with Crippen molar-refractivity contribution >= 4 is 16.6 Å². The molecule has 4 rings (SSSR count). The van der Waals surface area contributed by atoms with Crippen molar-refractivity contribution in [3.05, 3.63) is 11.1 Å². The number of ether oxygens (including phenoxy) is 1. The quantitative estimate of drug-likeness (QED) is 0.175. The Labute approximate surface area is 247 Å². The maximum absolute atomic E-state index is 13.0. The maximum Gasteiger partial charge on any atom is 0.192 e. The van der Waals surface area contributed by atoms with Crippen molar-refractivity contribution in [2.45, 2.75) is 173 Å². The standard InChI is InChI=1S/C32H60O6Si2/c1-14-40(15-2,16-3)38-22-17-30(10)18-23-27(36-23)31(11,34)25(30)26(33)32(35)19-21(20(4)24(22)29(32,8)9)37-39(12,13)28(5,6)7/h21-23,25-27,33-35H,14-19H2,1-13H3/t21-,22-,23-,25-,26+,27-,30+,31-,32+/m0/s1/i26D. The Balaban J connectivity index is 2.01. The topological polar surface area (TPSA) is 91.7 Å². The first-order valence-electron chi connectivity index (χ1n) is 16.3. The molecule has 232 valence electrons. The van der Waals surface area contributed by atoms with Gasteiger partial charge in [0.25, 0.3) is 0 Å². The molecule has 2 bridgehead atoms. The summed E-state index contributed by atoms with van der Waals surface area (Å²) in [6.45, 7) is 27.6. The van der Waals surface area contributed by atoms with E-state index < -0.39 is 62.9 Å². The maximum atomic E-state index is 13.0. The summed E-state index contributed by atoms with van der Waals surface area (Å²) in [5.41, 5.74) is -3.03. The van der Waals surface area contributed by atoms with Crippen LogP contribution in [0.25, 0.3) is 0 Å². The van der Waals surface area contributed by atoms with Crippen LogP contribution in [-0.4, -0.2) is 73.7 Å². The second kappa shape index (κ2) is 9.98. The van der Waals surface area contributed by atoms with Crippen molar-refractivity contribution in [1.82, 2.24) is 0 Å². The van der Waals surface area contributed by atoms with E-state index in [2.05, 4.69) is 68.5 Å². The number of rotatable bonds is 7. The number of hydrogen-bond donors (Lipinski definition) is 3. The molecule has 6 nitrogen and oxygen atoms in total. The molecule has 1 heterocycles. The summed E-state index contributed by atoms with van der Waals surface area (Å²) in [6, 6.07) is 2.97. The van der Waals surface area contributed by atoms with Crippen LogP contribution in [0, 0.1) is 16.7 Å². The smallest absolute Gasteiger partial charge is 0.192 e. The highest BCUT2D eigenvalue weighted by Crippen LogP contribution is 2.65. The molecule has 1 saturated heterocycles. The van der Waals surface area contributed by atoms with Crippen LogP contribution in [0.4, 0.5) is 0 Å². The molecule has 0 spiro atoms. The lowest BCUT2D eigenvalue weighted by Crippen LogP contribution is -2.71. The monoisotopic (exact) mass is 597 g/mol. The molecule has 2 saturated carbocycles. The highest BCUT2D eigenvalue weighted by atomic mass is 28.4. The number of epoxide rings is 1. The van der Waals surface area contributed by atoms with Gasteiger partial charge in [-0.1, -0.05) is 62.3 Å². The summed E-state index contributed by atoms with van der Waals surface area (Å²) in [7, 11) is -4.43.